The number of hydrogen-bond acceptors (Lipinski definition) is 5. The number of hydrogen-bond donors (Lipinski definition) is 1. The van der Waals surface area contributed by atoms with Crippen molar-refractivity contribution in [2.24, 2.45) is 0 Å². The minimum atomic E-state index is -0.148. The summed E-state index contributed by atoms with van der Waals surface area (Å²) < 4.78 is 11.3. The molecule has 4 rings (SSSR count). The van der Waals surface area contributed by atoms with E-state index in [9.17, 15) is 4.79 Å². The average molecular weight is 367 g/mol. The maximum absolute atomic E-state index is 12.6. The summed E-state index contributed by atoms with van der Waals surface area (Å²) in [5, 5.41) is 11.8. The summed E-state index contributed by atoms with van der Waals surface area (Å²) in [6.07, 6.45) is 4.97. The van der Waals surface area contributed by atoms with Gasteiger partial charge in [0.15, 0.2) is 5.76 Å². The minimum absolute atomic E-state index is 0.148. The highest BCUT2D eigenvalue weighted by atomic mass is 16.4. The van der Waals surface area contributed by atoms with Crippen LogP contribution in [0.5, 0.6) is 0 Å². The van der Waals surface area contributed by atoms with Crippen LogP contribution >= 0.6 is 0 Å². The number of aromatic nitrogens is 2. The van der Waals surface area contributed by atoms with Crippen LogP contribution in [-0.4, -0.2) is 22.6 Å². The molecule has 0 spiro atoms. The van der Waals surface area contributed by atoms with Gasteiger partial charge < -0.3 is 14.2 Å². The van der Waals surface area contributed by atoms with Crippen molar-refractivity contribution >= 4 is 16.9 Å². The van der Waals surface area contributed by atoms with Gasteiger partial charge >= 0.3 is 0 Å². The molecule has 0 saturated heterocycles. The Morgan fingerprint density at radius 2 is 1.96 bits per heavy atom. The zero-order valence-corrected chi connectivity index (χ0v) is 16.1. The number of furan rings is 1. The maximum Gasteiger partial charge on any atom is 0.287 e. The first-order valence-corrected chi connectivity index (χ1v) is 9.63. The Morgan fingerprint density at radius 1 is 1.15 bits per heavy atom. The summed E-state index contributed by atoms with van der Waals surface area (Å²) in [4.78, 5) is 12.6. The average Bonchev–Trinajstić information content (AvgIpc) is 3.33. The number of unbranched alkanes of at least 4 members (excludes halogenated alkanes) is 1. The Labute approximate surface area is 158 Å². The van der Waals surface area contributed by atoms with Gasteiger partial charge in [-0.15, -0.1) is 10.2 Å². The van der Waals surface area contributed by atoms with E-state index >= 15 is 0 Å². The number of nitrogens with zero attached hydrogens (tertiary/aromatic N) is 2. The summed E-state index contributed by atoms with van der Waals surface area (Å²) >= 11 is 0. The van der Waals surface area contributed by atoms with E-state index < -0.39 is 0 Å². The third-order valence-electron chi connectivity index (χ3n) is 5.17. The van der Waals surface area contributed by atoms with Gasteiger partial charge in [-0.25, -0.2) is 0 Å². The summed E-state index contributed by atoms with van der Waals surface area (Å²) in [7, 11) is 0. The Kier molecular flexibility index (Phi) is 4.72. The highest BCUT2D eigenvalue weighted by Gasteiger charge is 2.26. The fourth-order valence-electron chi connectivity index (χ4n) is 3.51. The number of carbonyl (C=O) groups excluding carboxylic acids is 1. The third kappa shape index (κ3) is 3.75. The maximum atomic E-state index is 12.6. The normalized spacial score (nSPS) is 14.0. The Morgan fingerprint density at radius 3 is 2.67 bits per heavy atom. The first-order valence-electron chi connectivity index (χ1n) is 9.63. The second kappa shape index (κ2) is 7.18. The van der Waals surface area contributed by atoms with Crippen LogP contribution in [-0.2, 0) is 6.42 Å². The van der Waals surface area contributed by atoms with Crippen LogP contribution < -0.4 is 5.32 Å². The Balaban J connectivity index is 1.37. The molecule has 142 valence electrons. The second-order valence-corrected chi connectivity index (χ2v) is 7.47. The molecule has 27 heavy (non-hydrogen) atoms. The van der Waals surface area contributed by atoms with E-state index in [1.807, 2.05) is 6.92 Å². The lowest BCUT2D eigenvalue weighted by molar-refractivity contribution is 0.0926. The van der Waals surface area contributed by atoms with E-state index in [4.69, 9.17) is 8.83 Å². The van der Waals surface area contributed by atoms with E-state index in [0.717, 1.165) is 41.4 Å². The van der Waals surface area contributed by atoms with E-state index in [0.29, 0.717) is 30.0 Å². The van der Waals surface area contributed by atoms with Crippen molar-refractivity contribution in [2.45, 2.75) is 58.8 Å². The predicted molar refractivity (Wildman–Crippen MR) is 102 cm³/mol. The van der Waals surface area contributed by atoms with E-state index in [-0.39, 0.29) is 5.91 Å². The van der Waals surface area contributed by atoms with E-state index in [1.165, 1.54) is 18.4 Å². The van der Waals surface area contributed by atoms with Crippen LogP contribution in [0, 0.1) is 20.8 Å². The summed E-state index contributed by atoms with van der Waals surface area (Å²) in [6, 6.07) is 4.39. The summed E-state index contributed by atoms with van der Waals surface area (Å²) in [5.41, 5.74) is 4.22. The van der Waals surface area contributed by atoms with E-state index in [2.05, 4.69) is 34.6 Å². The number of rotatable bonds is 7. The zero-order valence-electron chi connectivity index (χ0n) is 16.1. The predicted octanol–water partition coefficient (Wildman–Crippen LogP) is 4.37. The lowest BCUT2D eigenvalue weighted by atomic mass is 10.0. The van der Waals surface area contributed by atoms with Crippen molar-refractivity contribution in [3.63, 3.8) is 0 Å². The van der Waals surface area contributed by atoms with Gasteiger partial charge in [0, 0.05) is 30.8 Å². The molecule has 0 atom stereocenters. The number of amides is 1. The SMILES string of the molecule is Cc1nnc(CCCCNC(=O)c2oc3c(C)cc(C4CC4)cc3c2C)o1. The van der Waals surface area contributed by atoms with Gasteiger partial charge in [-0.1, -0.05) is 6.07 Å². The first-order chi connectivity index (χ1) is 13.0. The monoisotopic (exact) mass is 367 g/mol. The summed E-state index contributed by atoms with van der Waals surface area (Å²) in [6.45, 7) is 6.39. The van der Waals surface area contributed by atoms with Crippen LogP contribution in [0.2, 0.25) is 0 Å². The molecule has 1 aliphatic rings. The quantitative estimate of drug-likeness (QED) is 0.627. The molecule has 1 aromatic carbocycles. The molecular weight excluding hydrogens is 342 g/mol. The fraction of sp³-hybridized carbons (Fsp3) is 0.476. The molecular formula is C21H25N3O3. The molecule has 0 unspecified atom stereocenters. The first kappa shape index (κ1) is 17.8. The van der Waals surface area contributed by atoms with Gasteiger partial charge in [0.05, 0.1) is 0 Å². The molecule has 0 radical (unpaired) electrons. The highest BCUT2D eigenvalue weighted by Crippen LogP contribution is 2.42. The largest absolute Gasteiger partial charge is 0.450 e. The molecule has 1 amide bonds. The number of aryl methyl sites for hydroxylation is 4. The lowest BCUT2D eigenvalue weighted by Gasteiger charge is -2.03. The standard InChI is InChI=1S/C21H25N3O3/c1-12-10-16(15-7-8-15)11-17-13(2)20(27-19(12)17)21(25)22-9-5-4-6-18-24-23-14(3)26-18/h10-11,15H,4-9H2,1-3H3,(H,22,25). The zero-order chi connectivity index (χ0) is 19.0. The minimum Gasteiger partial charge on any atom is -0.450 e. The molecule has 1 fully saturated rings. The molecule has 2 aromatic heterocycles. The Hall–Kier alpha value is -2.63. The molecule has 1 aliphatic carbocycles. The smallest absolute Gasteiger partial charge is 0.287 e. The van der Waals surface area contributed by atoms with Crippen molar-refractivity contribution in [3.05, 3.63) is 46.4 Å². The van der Waals surface area contributed by atoms with Gasteiger partial charge in [-0.05, 0) is 62.6 Å². The molecule has 3 aromatic rings. The molecule has 0 bridgehead atoms. The van der Waals surface area contributed by atoms with Gasteiger partial charge in [0.1, 0.15) is 5.58 Å². The van der Waals surface area contributed by atoms with Gasteiger partial charge in [0.25, 0.3) is 5.91 Å². The second-order valence-electron chi connectivity index (χ2n) is 7.47. The van der Waals surface area contributed by atoms with Crippen molar-refractivity contribution in [1.82, 2.24) is 15.5 Å². The van der Waals surface area contributed by atoms with Gasteiger partial charge in [-0.3, -0.25) is 4.79 Å². The number of nitrogens with one attached hydrogen (secondary N) is 1. The molecule has 6 nitrogen and oxygen atoms in total. The van der Waals surface area contributed by atoms with Crippen LogP contribution in [0.3, 0.4) is 0 Å². The van der Waals surface area contributed by atoms with Crippen molar-refractivity contribution in [3.8, 4) is 0 Å². The molecule has 1 saturated carbocycles. The lowest BCUT2D eigenvalue weighted by Crippen LogP contribution is -2.24. The number of fused-ring (bicyclic) bond motifs is 1. The van der Waals surface area contributed by atoms with Crippen LogP contribution in [0.4, 0.5) is 0 Å². The van der Waals surface area contributed by atoms with Crippen molar-refractivity contribution in [1.29, 1.82) is 0 Å². The molecule has 2 heterocycles. The fourth-order valence-corrected chi connectivity index (χ4v) is 3.51. The van der Waals surface area contributed by atoms with Gasteiger partial charge in [-0.2, -0.15) is 0 Å². The van der Waals surface area contributed by atoms with Crippen molar-refractivity contribution in [2.75, 3.05) is 6.54 Å². The van der Waals surface area contributed by atoms with Crippen LogP contribution in [0.15, 0.2) is 21.0 Å². The van der Waals surface area contributed by atoms with Crippen molar-refractivity contribution < 1.29 is 13.6 Å². The van der Waals surface area contributed by atoms with Gasteiger partial charge in [0.2, 0.25) is 11.8 Å². The molecule has 0 aliphatic heterocycles. The Bertz CT molecular complexity index is 982. The molecule has 6 heteroatoms. The van der Waals surface area contributed by atoms with Crippen LogP contribution in [0.1, 0.15) is 70.6 Å². The topological polar surface area (TPSA) is 81.2 Å². The third-order valence-corrected chi connectivity index (χ3v) is 5.17. The van der Waals surface area contributed by atoms with E-state index in [1.54, 1.807) is 6.92 Å². The number of benzene rings is 1. The summed E-state index contributed by atoms with van der Waals surface area (Å²) in [5.74, 6) is 2.19. The number of carbonyl (C=O) groups is 1. The molecule has 1 N–H and O–H groups in total. The van der Waals surface area contributed by atoms with Crippen LogP contribution in [0.25, 0.3) is 11.0 Å². The highest BCUT2D eigenvalue weighted by molar-refractivity contribution is 5.99.